The Hall–Kier alpha value is -2.26. The highest BCUT2D eigenvalue weighted by Crippen LogP contribution is 2.26. The molecule has 0 saturated carbocycles. The molecule has 3 saturated heterocycles. The monoisotopic (exact) mass is 443 g/mol. The number of amides is 2. The third-order valence-corrected chi connectivity index (χ3v) is 7.48. The summed E-state index contributed by atoms with van der Waals surface area (Å²) in [6.07, 6.45) is 5.09. The van der Waals surface area contributed by atoms with Crippen LogP contribution in [-0.4, -0.2) is 94.8 Å². The van der Waals surface area contributed by atoms with E-state index in [9.17, 15) is 14.4 Å². The third kappa shape index (κ3) is 4.45. The molecular weight excluding hydrogens is 410 g/mol. The zero-order chi connectivity index (χ0) is 22.1. The molecule has 4 heterocycles. The maximum Gasteiger partial charge on any atom is 0.267 e. The number of carbonyl (C=O) groups excluding carboxylic acids is 2. The molecule has 4 aliphatic rings. The number of fused-ring (bicyclic) bond motifs is 1. The third-order valence-electron chi connectivity index (χ3n) is 7.48. The van der Waals surface area contributed by atoms with Gasteiger partial charge in [-0.1, -0.05) is 0 Å². The maximum absolute atomic E-state index is 13.1. The van der Waals surface area contributed by atoms with Gasteiger partial charge in [-0.3, -0.25) is 19.3 Å². The molecule has 0 N–H and O–H groups in total. The normalized spacial score (nSPS) is 24.9. The van der Waals surface area contributed by atoms with E-state index in [1.54, 1.807) is 10.7 Å². The second kappa shape index (κ2) is 9.31. The van der Waals surface area contributed by atoms with Crippen molar-refractivity contribution in [3.8, 4) is 0 Å². The predicted octanol–water partition coefficient (Wildman–Crippen LogP) is -0.0963. The molecule has 0 aromatic carbocycles. The van der Waals surface area contributed by atoms with Crippen LogP contribution in [0, 0.1) is 5.92 Å². The van der Waals surface area contributed by atoms with Gasteiger partial charge in [0.1, 0.15) is 0 Å². The minimum absolute atomic E-state index is 0.0144. The van der Waals surface area contributed by atoms with Crippen molar-refractivity contribution in [1.29, 1.82) is 0 Å². The van der Waals surface area contributed by atoms with Gasteiger partial charge in [-0.05, 0) is 37.7 Å². The van der Waals surface area contributed by atoms with Crippen molar-refractivity contribution in [2.75, 3.05) is 52.5 Å². The largest absolute Gasteiger partial charge is 0.381 e. The molecule has 3 fully saturated rings. The first kappa shape index (κ1) is 21.6. The van der Waals surface area contributed by atoms with E-state index in [1.807, 2.05) is 9.80 Å². The number of aryl methyl sites for hydroxylation is 2. The maximum atomic E-state index is 13.1. The summed E-state index contributed by atoms with van der Waals surface area (Å²) in [5.74, 6) is 0.0105. The van der Waals surface area contributed by atoms with Gasteiger partial charge in [-0.2, -0.15) is 5.10 Å². The van der Waals surface area contributed by atoms with Crippen LogP contribution < -0.4 is 5.56 Å². The number of hydrogen-bond acceptors (Lipinski definition) is 6. The van der Waals surface area contributed by atoms with Crippen LogP contribution in [0.1, 0.15) is 36.9 Å². The van der Waals surface area contributed by atoms with Crippen LogP contribution in [0.5, 0.6) is 0 Å². The Morgan fingerprint density at radius 1 is 1.06 bits per heavy atom. The van der Waals surface area contributed by atoms with E-state index in [2.05, 4.69) is 10.00 Å². The van der Waals surface area contributed by atoms with Gasteiger partial charge in [-0.15, -0.1) is 0 Å². The minimum atomic E-state index is -0.217. The Kier molecular flexibility index (Phi) is 6.28. The zero-order valence-corrected chi connectivity index (χ0v) is 18.7. The molecule has 32 heavy (non-hydrogen) atoms. The fraction of sp³-hybridized carbons (Fsp3) is 0.739. The lowest BCUT2D eigenvalue weighted by Gasteiger charge is -2.36. The van der Waals surface area contributed by atoms with E-state index in [-0.39, 0.29) is 29.3 Å². The van der Waals surface area contributed by atoms with Crippen LogP contribution in [0.15, 0.2) is 10.9 Å². The van der Waals surface area contributed by atoms with Gasteiger partial charge < -0.3 is 14.5 Å². The van der Waals surface area contributed by atoms with Crippen molar-refractivity contribution in [3.63, 3.8) is 0 Å². The summed E-state index contributed by atoms with van der Waals surface area (Å²) in [5.41, 5.74) is 2.17. The molecule has 9 heteroatoms. The molecule has 1 aromatic rings. The molecule has 0 spiro atoms. The average Bonchev–Trinajstić information content (AvgIpc) is 3.44. The summed E-state index contributed by atoms with van der Waals surface area (Å²) >= 11 is 0. The van der Waals surface area contributed by atoms with Crippen molar-refractivity contribution in [1.82, 2.24) is 24.5 Å². The quantitative estimate of drug-likeness (QED) is 0.632. The second-order valence-corrected chi connectivity index (χ2v) is 9.49. The first-order valence-corrected chi connectivity index (χ1v) is 12.1. The zero-order valence-electron chi connectivity index (χ0n) is 18.7. The van der Waals surface area contributed by atoms with Crippen LogP contribution in [0.4, 0.5) is 0 Å². The van der Waals surface area contributed by atoms with E-state index >= 15 is 0 Å². The lowest BCUT2D eigenvalue weighted by molar-refractivity contribution is -0.137. The summed E-state index contributed by atoms with van der Waals surface area (Å²) in [6.45, 7) is 6.20. The number of piperazine rings is 1. The molecule has 1 aliphatic carbocycles. The molecule has 1 atom stereocenters. The summed E-state index contributed by atoms with van der Waals surface area (Å²) in [4.78, 5) is 44.0. The second-order valence-electron chi connectivity index (χ2n) is 9.49. The van der Waals surface area contributed by atoms with Gasteiger partial charge >= 0.3 is 0 Å². The predicted molar refractivity (Wildman–Crippen MR) is 117 cm³/mol. The molecule has 3 aliphatic heterocycles. The number of aromatic nitrogens is 2. The highest BCUT2D eigenvalue weighted by Gasteiger charge is 2.40. The first-order chi connectivity index (χ1) is 15.6. The van der Waals surface area contributed by atoms with Crippen molar-refractivity contribution in [2.45, 2.75) is 51.1 Å². The minimum Gasteiger partial charge on any atom is -0.381 e. The molecule has 174 valence electrons. The molecule has 0 bridgehead atoms. The molecule has 1 aromatic heterocycles. The topological polar surface area (TPSA) is 88.0 Å². The fourth-order valence-electron chi connectivity index (χ4n) is 5.53. The lowest BCUT2D eigenvalue weighted by atomic mass is 10.1. The molecule has 9 nitrogen and oxygen atoms in total. The number of nitrogens with zero attached hydrogens (tertiary/aromatic N) is 5. The summed E-state index contributed by atoms with van der Waals surface area (Å²) in [6, 6.07) is 1.97. The smallest absolute Gasteiger partial charge is 0.267 e. The van der Waals surface area contributed by atoms with E-state index in [0.29, 0.717) is 45.8 Å². The summed E-state index contributed by atoms with van der Waals surface area (Å²) < 4.78 is 7.00. The van der Waals surface area contributed by atoms with Crippen LogP contribution in [-0.2, 0) is 33.7 Å². The first-order valence-electron chi connectivity index (χ1n) is 12.1. The Morgan fingerprint density at radius 3 is 2.62 bits per heavy atom. The van der Waals surface area contributed by atoms with Gasteiger partial charge in [0.2, 0.25) is 11.8 Å². The van der Waals surface area contributed by atoms with Gasteiger partial charge in [-0.25, -0.2) is 4.68 Å². The van der Waals surface area contributed by atoms with E-state index in [0.717, 1.165) is 63.0 Å². The van der Waals surface area contributed by atoms with Crippen LogP contribution in [0.25, 0.3) is 0 Å². The molecule has 1 unspecified atom stereocenters. The van der Waals surface area contributed by atoms with Crippen molar-refractivity contribution in [3.05, 3.63) is 27.7 Å². The number of rotatable bonds is 5. The molecular formula is C23H33N5O4. The fourth-order valence-corrected chi connectivity index (χ4v) is 5.53. The van der Waals surface area contributed by atoms with Gasteiger partial charge in [0.05, 0.1) is 18.2 Å². The van der Waals surface area contributed by atoms with Gasteiger partial charge in [0, 0.05) is 71.0 Å². The SMILES string of the molecule is O=C(C1CC(=O)N(C2CCOCC2)C1)N1CCN(CCn2nc3c(cc2=O)CCC3)CC1. The number of hydrogen-bond donors (Lipinski definition) is 0. The van der Waals surface area contributed by atoms with Crippen LogP contribution in [0.2, 0.25) is 0 Å². The summed E-state index contributed by atoms with van der Waals surface area (Å²) in [5, 5.41) is 4.55. The molecule has 0 radical (unpaired) electrons. The highest BCUT2D eigenvalue weighted by molar-refractivity contribution is 5.89. The van der Waals surface area contributed by atoms with Gasteiger partial charge in [0.15, 0.2) is 0 Å². The Labute approximate surface area is 188 Å². The number of likely N-dealkylation sites (tertiary alicyclic amines) is 1. The standard InChI is InChI=1S/C23H33N5O4/c29-21-15-18(16-27(21)19-4-12-32-13-5-19)23(31)26-9-6-25(7-10-26)8-11-28-22(30)14-17-2-1-3-20(17)24-28/h14,18-19H,1-13,15-16H2. The van der Waals surface area contributed by atoms with E-state index < -0.39 is 0 Å². The van der Waals surface area contributed by atoms with Gasteiger partial charge in [0.25, 0.3) is 5.56 Å². The number of carbonyl (C=O) groups is 2. The lowest BCUT2D eigenvalue weighted by Crippen LogP contribution is -2.51. The van der Waals surface area contributed by atoms with Crippen LogP contribution >= 0.6 is 0 Å². The molecule has 5 rings (SSSR count). The Bertz CT molecular complexity index is 917. The Balaban J connectivity index is 1.10. The summed E-state index contributed by atoms with van der Waals surface area (Å²) in [7, 11) is 0. The van der Waals surface area contributed by atoms with Crippen molar-refractivity contribution >= 4 is 11.8 Å². The van der Waals surface area contributed by atoms with Crippen LogP contribution in [0.3, 0.4) is 0 Å². The average molecular weight is 444 g/mol. The van der Waals surface area contributed by atoms with Crippen molar-refractivity contribution < 1.29 is 14.3 Å². The van der Waals surface area contributed by atoms with E-state index in [4.69, 9.17) is 4.74 Å². The Morgan fingerprint density at radius 2 is 1.84 bits per heavy atom. The molecule has 2 amide bonds. The number of ether oxygens (including phenoxy) is 1. The van der Waals surface area contributed by atoms with Crippen molar-refractivity contribution in [2.24, 2.45) is 5.92 Å². The highest BCUT2D eigenvalue weighted by atomic mass is 16.5. The van der Waals surface area contributed by atoms with E-state index in [1.165, 1.54) is 0 Å².